The zero-order valence-corrected chi connectivity index (χ0v) is 16.9. The van der Waals surface area contributed by atoms with Crippen molar-refractivity contribution in [3.8, 4) is 0 Å². The van der Waals surface area contributed by atoms with Crippen molar-refractivity contribution >= 4 is 32.9 Å². The highest BCUT2D eigenvalue weighted by molar-refractivity contribution is 7.90. The van der Waals surface area contributed by atoms with Gasteiger partial charge < -0.3 is 5.32 Å². The van der Waals surface area contributed by atoms with Crippen LogP contribution in [0.5, 0.6) is 0 Å². The van der Waals surface area contributed by atoms with Crippen molar-refractivity contribution in [3.63, 3.8) is 0 Å². The van der Waals surface area contributed by atoms with E-state index >= 15 is 0 Å². The largest absolute Gasteiger partial charge is 0.358 e. The zero-order valence-electron chi connectivity index (χ0n) is 15.2. The molecule has 3 atom stereocenters. The van der Waals surface area contributed by atoms with E-state index in [0.717, 1.165) is 17.7 Å². The summed E-state index contributed by atoms with van der Waals surface area (Å²) in [6, 6.07) is 7.06. The van der Waals surface area contributed by atoms with Crippen LogP contribution in [-0.2, 0) is 9.84 Å². The van der Waals surface area contributed by atoms with Gasteiger partial charge in [0.05, 0.1) is 10.6 Å². The van der Waals surface area contributed by atoms with Gasteiger partial charge in [-0.05, 0) is 55.1 Å². The van der Waals surface area contributed by atoms with Crippen LogP contribution in [0.2, 0.25) is 0 Å². The van der Waals surface area contributed by atoms with Crippen LogP contribution in [0.15, 0.2) is 34.3 Å². The number of benzene rings is 1. The zero-order chi connectivity index (χ0) is 18.6. The molecule has 0 amide bonds. The molecule has 1 saturated carbocycles. The van der Waals surface area contributed by atoms with Gasteiger partial charge in [-0.1, -0.05) is 38.8 Å². The Morgan fingerprint density at radius 1 is 1.20 bits per heavy atom. The number of hydrazone groups is 1. The summed E-state index contributed by atoms with van der Waals surface area (Å²) in [7, 11) is -3.18. The Hall–Kier alpha value is -1.47. The molecule has 1 aromatic carbocycles. The molecule has 0 heterocycles. The first kappa shape index (κ1) is 19.8. The number of thiocarbonyl (C=S) groups is 1. The highest BCUT2D eigenvalue weighted by Gasteiger charge is 2.27. The molecular formula is C18H27N3O2S2. The Bertz CT molecular complexity index is 742. The van der Waals surface area contributed by atoms with Gasteiger partial charge in [-0.15, -0.1) is 0 Å². The van der Waals surface area contributed by atoms with Crippen molar-refractivity contribution in [3.05, 3.63) is 29.8 Å². The van der Waals surface area contributed by atoms with Gasteiger partial charge in [0, 0.05) is 12.3 Å². The van der Waals surface area contributed by atoms with Gasteiger partial charge in [-0.2, -0.15) is 5.10 Å². The molecule has 0 saturated heterocycles. The minimum absolute atomic E-state index is 0.301. The first-order valence-corrected chi connectivity index (χ1v) is 10.9. The van der Waals surface area contributed by atoms with E-state index in [4.69, 9.17) is 12.2 Å². The molecule has 1 aliphatic carbocycles. The lowest BCUT2D eigenvalue weighted by atomic mass is 9.78. The van der Waals surface area contributed by atoms with Crippen LogP contribution in [0.4, 0.5) is 0 Å². The summed E-state index contributed by atoms with van der Waals surface area (Å²) < 4.78 is 23.0. The van der Waals surface area contributed by atoms with E-state index in [-0.39, 0.29) is 0 Å². The molecule has 0 aliphatic heterocycles. The average molecular weight is 382 g/mol. The second kappa shape index (κ2) is 8.27. The van der Waals surface area contributed by atoms with Gasteiger partial charge in [0.2, 0.25) is 0 Å². The highest BCUT2D eigenvalue weighted by Crippen LogP contribution is 2.29. The van der Waals surface area contributed by atoms with Gasteiger partial charge in [0.15, 0.2) is 14.9 Å². The molecule has 5 nitrogen and oxygen atoms in total. The van der Waals surface area contributed by atoms with E-state index < -0.39 is 9.84 Å². The molecule has 2 N–H and O–H groups in total. The summed E-state index contributed by atoms with van der Waals surface area (Å²) in [6.07, 6.45) is 4.83. The van der Waals surface area contributed by atoms with Gasteiger partial charge in [-0.3, -0.25) is 5.43 Å². The third-order valence-corrected chi connectivity index (χ3v) is 6.39. The number of nitrogens with one attached hydrogen (secondary N) is 2. The molecule has 7 heteroatoms. The lowest BCUT2D eigenvalue weighted by molar-refractivity contribution is 0.224. The first-order chi connectivity index (χ1) is 11.7. The van der Waals surface area contributed by atoms with Gasteiger partial charge in [-0.25, -0.2) is 8.42 Å². The molecule has 0 radical (unpaired) electrons. The number of nitrogens with zero attached hydrogens (tertiary/aromatic N) is 1. The fourth-order valence-electron chi connectivity index (χ4n) is 3.13. The summed E-state index contributed by atoms with van der Waals surface area (Å²) in [4.78, 5) is 0.301. The summed E-state index contributed by atoms with van der Waals surface area (Å²) in [6.45, 7) is 6.41. The maximum absolute atomic E-state index is 11.5. The Morgan fingerprint density at radius 3 is 2.44 bits per heavy atom. The van der Waals surface area contributed by atoms with Crippen LogP contribution >= 0.6 is 12.2 Å². The maximum Gasteiger partial charge on any atom is 0.187 e. The standard InChI is InChI=1S/C18H27N3O2S2/c1-12-6-5-7-17(13(12)2)19-18(24)21-20-14(3)15-8-10-16(11-9-15)25(4,22)23/h8-13,17H,5-7H2,1-4H3,(H2,19,21,24)/b20-14-/t12-,13+,17-/m0/s1. The van der Waals surface area contributed by atoms with Crippen molar-refractivity contribution in [2.24, 2.45) is 16.9 Å². The molecule has 1 aliphatic rings. The smallest absolute Gasteiger partial charge is 0.187 e. The second-order valence-electron chi connectivity index (χ2n) is 6.95. The number of sulfone groups is 1. The Labute approximate surface area is 156 Å². The predicted octanol–water partition coefficient (Wildman–Crippen LogP) is 3.10. The van der Waals surface area contributed by atoms with Gasteiger partial charge in [0.25, 0.3) is 0 Å². The lowest BCUT2D eigenvalue weighted by Crippen LogP contribution is -2.46. The predicted molar refractivity (Wildman–Crippen MR) is 107 cm³/mol. The highest BCUT2D eigenvalue weighted by atomic mass is 32.2. The lowest BCUT2D eigenvalue weighted by Gasteiger charge is -2.35. The van der Waals surface area contributed by atoms with Crippen molar-refractivity contribution in [2.75, 3.05) is 6.26 Å². The van der Waals surface area contributed by atoms with Crippen LogP contribution in [0.3, 0.4) is 0 Å². The third kappa shape index (κ3) is 5.51. The van der Waals surface area contributed by atoms with E-state index in [1.54, 1.807) is 24.3 Å². The van der Waals surface area contributed by atoms with Crippen LogP contribution in [0.1, 0.15) is 45.6 Å². The molecule has 0 unspecified atom stereocenters. The van der Waals surface area contributed by atoms with Crippen LogP contribution in [0, 0.1) is 11.8 Å². The number of hydrogen-bond donors (Lipinski definition) is 2. The minimum atomic E-state index is -3.18. The third-order valence-electron chi connectivity index (χ3n) is 5.05. The van der Waals surface area contributed by atoms with Crippen LogP contribution in [-0.4, -0.2) is 31.5 Å². The topological polar surface area (TPSA) is 70.6 Å². The molecule has 138 valence electrons. The molecule has 1 fully saturated rings. The Morgan fingerprint density at radius 2 is 1.84 bits per heavy atom. The quantitative estimate of drug-likeness (QED) is 0.476. The fraction of sp³-hybridized carbons (Fsp3) is 0.556. The summed E-state index contributed by atoms with van der Waals surface area (Å²) in [5.41, 5.74) is 4.49. The maximum atomic E-state index is 11.5. The summed E-state index contributed by atoms with van der Waals surface area (Å²) in [5.74, 6) is 1.29. The van der Waals surface area contributed by atoms with Crippen LogP contribution in [0.25, 0.3) is 0 Å². The molecule has 2 rings (SSSR count). The fourth-order valence-corrected chi connectivity index (χ4v) is 3.96. The van der Waals surface area contributed by atoms with E-state index in [1.807, 2.05) is 6.92 Å². The average Bonchev–Trinajstić information content (AvgIpc) is 2.56. The Kier molecular flexibility index (Phi) is 6.57. The second-order valence-corrected chi connectivity index (χ2v) is 9.38. The Balaban J connectivity index is 1.95. The van der Waals surface area contributed by atoms with Crippen molar-refractivity contribution in [1.82, 2.24) is 10.7 Å². The molecule has 0 bridgehead atoms. The summed E-state index contributed by atoms with van der Waals surface area (Å²) >= 11 is 5.36. The van der Waals surface area contributed by atoms with Crippen molar-refractivity contribution < 1.29 is 8.42 Å². The van der Waals surface area contributed by atoms with E-state index in [2.05, 4.69) is 29.7 Å². The van der Waals surface area contributed by atoms with Crippen LogP contribution < -0.4 is 10.7 Å². The number of hydrogen-bond acceptors (Lipinski definition) is 4. The molecule has 0 aromatic heterocycles. The normalized spacial score (nSPS) is 24.6. The van der Waals surface area contributed by atoms with Crippen molar-refractivity contribution in [2.45, 2.75) is 51.0 Å². The van der Waals surface area contributed by atoms with E-state index in [0.29, 0.717) is 27.9 Å². The molecule has 25 heavy (non-hydrogen) atoms. The molecular weight excluding hydrogens is 354 g/mol. The van der Waals surface area contributed by atoms with Gasteiger partial charge >= 0.3 is 0 Å². The van der Waals surface area contributed by atoms with E-state index in [1.165, 1.54) is 19.1 Å². The monoisotopic (exact) mass is 381 g/mol. The molecule has 0 spiro atoms. The molecule has 1 aromatic rings. The van der Waals surface area contributed by atoms with E-state index in [9.17, 15) is 8.42 Å². The summed E-state index contributed by atoms with van der Waals surface area (Å²) in [5, 5.41) is 8.20. The first-order valence-electron chi connectivity index (χ1n) is 8.59. The number of rotatable bonds is 4. The minimum Gasteiger partial charge on any atom is -0.358 e. The van der Waals surface area contributed by atoms with Gasteiger partial charge in [0.1, 0.15) is 0 Å². The SMILES string of the molecule is C/C(=N/NC(=S)N[C@H]1CCC[C@H](C)[C@H]1C)c1ccc(S(C)(=O)=O)cc1. The van der Waals surface area contributed by atoms with Crippen molar-refractivity contribution in [1.29, 1.82) is 0 Å².